The number of rotatable bonds is 8. The number of carbonyl (C=O) groups is 5. The number of benzene rings is 2. The van der Waals surface area contributed by atoms with Crippen LogP contribution in [0.3, 0.4) is 0 Å². The fourth-order valence-corrected chi connectivity index (χ4v) is 6.76. The minimum atomic E-state index is -2.64. The van der Waals surface area contributed by atoms with Gasteiger partial charge in [-0.3, -0.25) is 24.0 Å². The van der Waals surface area contributed by atoms with Crippen LogP contribution >= 0.6 is 0 Å². The maximum atomic E-state index is 13.8. The second kappa shape index (κ2) is 11.1. The van der Waals surface area contributed by atoms with Crippen molar-refractivity contribution in [3.8, 4) is 5.75 Å². The van der Waals surface area contributed by atoms with Crippen molar-refractivity contribution in [3.05, 3.63) is 75.1 Å². The van der Waals surface area contributed by atoms with Gasteiger partial charge in [0.1, 0.15) is 28.6 Å². The van der Waals surface area contributed by atoms with Crippen molar-refractivity contribution in [2.45, 2.75) is 51.0 Å². The zero-order valence-electron chi connectivity index (χ0n) is 24.6. The van der Waals surface area contributed by atoms with Gasteiger partial charge >= 0.3 is 0 Å². The number of nitrogens with zero attached hydrogens (tertiary/aromatic N) is 1. The second-order valence-corrected chi connectivity index (χ2v) is 12.0. The van der Waals surface area contributed by atoms with Gasteiger partial charge in [-0.25, -0.2) is 0 Å². The van der Waals surface area contributed by atoms with Crippen molar-refractivity contribution in [1.82, 2.24) is 0 Å². The molecule has 1 amide bonds. The highest BCUT2D eigenvalue weighted by Crippen LogP contribution is 2.53. The lowest BCUT2D eigenvalue weighted by Gasteiger charge is -2.46. The number of aliphatic hydroxyl groups excluding tert-OH is 2. The van der Waals surface area contributed by atoms with Gasteiger partial charge in [0.15, 0.2) is 17.2 Å². The molecular weight excluding hydrogens is 568 g/mol. The third-order valence-corrected chi connectivity index (χ3v) is 9.04. The summed E-state index contributed by atoms with van der Waals surface area (Å²) >= 11 is 0. The van der Waals surface area contributed by atoms with E-state index in [0.717, 1.165) is 5.56 Å². The molecule has 1 fully saturated rings. The molecule has 0 aliphatic heterocycles. The minimum absolute atomic E-state index is 0.00870. The molecule has 0 radical (unpaired) electrons. The van der Waals surface area contributed by atoms with Crippen molar-refractivity contribution in [1.29, 1.82) is 0 Å². The van der Waals surface area contributed by atoms with Crippen LogP contribution in [0.2, 0.25) is 0 Å². The highest BCUT2D eigenvalue weighted by molar-refractivity contribution is 6.22. The Balaban J connectivity index is 1.50. The summed E-state index contributed by atoms with van der Waals surface area (Å²) in [4.78, 5) is 64.4. The maximum absolute atomic E-state index is 13.8. The van der Waals surface area contributed by atoms with Crippen LogP contribution in [-0.4, -0.2) is 69.2 Å². The third kappa shape index (κ3) is 4.86. The molecule has 230 valence electrons. The normalized spacial score (nSPS) is 22.7. The van der Waals surface area contributed by atoms with Crippen LogP contribution in [0, 0.1) is 11.8 Å². The Morgan fingerprint density at radius 3 is 2.30 bits per heavy atom. The molecule has 6 N–H and O–H groups in total. The first kappa shape index (κ1) is 30.7. The predicted molar refractivity (Wildman–Crippen MR) is 159 cm³/mol. The summed E-state index contributed by atoms with van der Waals surface area (Å²) in [5, 5.41) is 45.1. The number of nitrogens with two attached hydrogens (primary N) is 1. The lowest BCUT2D eigenvalue weighted by atomic mass is 9.59. The Hall–Kier alpha value is -4.77. The summed E-state index contributed by atoms with van der Waals surface area (Å²) < 4.78 is 0. The zero-order chi connectivity index (χ0) is 32.2. The highest BCUT2D eigenvalue weighted by atomic mass is 16.3. The van der Waals surface area contributed by atoms with Crippen molar-refractivity contribution in [3.63, 3.8) is 0 Å². The lowest BCUT2D eigenvalue weighted by molar-refractivity contribution is -0.147. The molecule has 3 aliphatic rings. The average molecular weight is 603 g/mol. The van der Waals surface area contributed by atoms with Crippen molar-refractivity contribution < 1.29 is 44.4 Å². The molecule has 44 heavy (non-hydrogen) atoms. The second-order valence-electron chi connectivity index (χ2n) is 12.0. The number of phenols is 1. The van der Waals surface area contributed by atoms with E-state index < -0.39 is 52.0 Å². The fourth-order valence-electron chi connectivity index (χ4n) is 6.76. The van der Waals surface area contributed by atoms with Gasteiger partial charge in [-0.15, -0.1) is 0 Å². The first-order valence-corrected chi connectivity index (χ1v) is 14.3. The number of primary amides is 1. The third-order valence-electron chi connectivity index (χ3n) is 9.04. The summed E-state index contributed by atoms with van der Waals surface area (Å²) in [5.41, 5.74) is 4.40. The van der Waals surface area contributed by atoms with Crippen LogP contribution in [0.15, 0.2) is 47.2 Å². The largest absolute Gasteiger partial charge is 0.508 e. The van der Waals surface area contributed by atoms with E-state index in [1.165, 1.54) is 6.92 Å². The van der Waals surface area contributed by atoms with E-state index in [9.17, 15) is 44.4 Å². The Labute approximate surface area is 253 Å². The summed E-state index contributed by atoms with van der Waals surface area (Å²) in [7, 11) is 3.56. The first-order chi connectivity index (χ1) is 20.7. The van der Waals surface area contributed by atoms with E-state index in [1.807, 2.05) is 0 Å². The molecule has 11 heteroatoms. The molecule has 11 nitrogen and oxygen atoms in total. The SMILES string of the molecule is CC(=O)c1ccc(CC(=O)CCc2cc(N(C)C)c3c(c2O)C(O)=C2C(=O)[C@]4(O)C(O)=C(C(N)=O)C(=O)C[C@@H]4C[C@@H]2C3)cc1. The average Bonchev–Trinajstić information content (AvgIpc) is 2.94. The molecule has 3 aliphatic carbocycles. The van der Waals surface area contributed by atoms with E-state index in [0.29, 0.717) is 22.4 Å². The molecular formula is C33H34N2O9. The van der Waals surface area contributed by atoms with Crippen LogP contribution in [0.5, 0.6) is 5.75 Å². The quantitative estimate of drug-likeness (QED) is 0.221. The molecule has 5 rings (SSSR count). The molecule has 2 aromatic rings. The first-order valence-electron chi connectivity index (χ1n) is 14.3. The molecule has 0 unspecified atom stereocenters. The summed E-state index contributed by atoms with van der Waals surface area (Å²) in [5.74, 6) is -7.00. The number of aliphatic hydroxyl groups is 3. The molecule has 0 heterocycles. The molecule has 0 aromatic heterocycles. The van der Waals surface area contributed by atoms with E-state index in [-0.39, 0.29) is 67.0 Å². The zero-order valence-corrected chi connectivity index (χ0v) is 24.6. The number of hydrogen-bond donors (Lipinski definition) is 5. The number of phenolic OH excluding ortho intramolecular Hbond substituents is 1. The van der Waals surface area contributed by atoms with Crippen molar-refractivity contribution in [2.24, 2.45) is 17.6 Å². The molecule has 0 bridgehead atoms. The Morgan fingerprint density at radius 2 is 1.70 bits per heavy atom. The van der Waals surface area contributed by atoms with Gasteiger partial charge < -0.3 is 31.1 Å². The number of Topliss-reactive ketones (excluding diaryl/α,β-unsaturated/α-hetero) is 4. The van der Waals surface area contributed by atoms with Gasteiger partial charge in [0.05, 0.1) is 5.56 Å². The number of hydrogen-bond acceptors (Lipinski definition) is 10. The number of aryl methyl sites for hydroxylation is 1. The maximum Gasteiger partial charge on any atom is 0.255 e. The number of fused-ring (bicyclic) bond motifs is 3. The molecule has 3 atom stereocenters. The van der Waals surface area contributed by atoms with Crippen LogP contribution in [0.25, 0.3) is 5.76 Å². The van der Waals surface area contributed by atoms with E-state index in [2.05, 4.69) is 0 Å². The van der Waals surface area contributed by atoms with Gasteiger partial charge in [-0.05, 0) is 54.9 Å². The number of anilines is 1. The Kier molecular flexibility index (Phi) is 7.71. The van der Waals surface area contributed by atoms with E-state index in [1.54, 1.807) is 49.3 Å². The van der Waals surface area contributed by atoms with Gasteiger partial charge in [0.2, 0.25) is 5.78 Å². The van der Waals surface area contributed by atoms with Gasteiger partial charge in [-0.1, -0.05) is 24.3 Å². The topological polar surface area (TPSA) is 196 Å². The van der Waals surface area contributed by atoms with E-state index in [4.69, 9.17) is 5.73 Å². The molecule has 2 aromatic carbocycles. The molecule has 0 saturated heterocycles. The number of amides is 1. The minimum Gasteiger partial charge on any atom is -0.508 e. The van der Waals surface area contributed by atoms with Crippen LogP contribution < -0.4 is 10.6 Å². The number of aromatic hydroxyl groups is 1. The molecule has 0 spiro atoms. The van der Waals surface area contributed by atoms with Crippen LogP contribution in [0.4, 0.5) is 5.69 Å². The Morgan fingerprint density at radius 1 is 1.05 bits per heavy atom. The Bertz CT molecular complexity index is 1700. The van der Waals surface area contributed by atoms with Crippen molar-refractivity contribution >= 4 is 40.5 Å². The number of carbonyl (C=O) groups excluding carboxylic acids is 5. The summed E-state index contributed by atoms with van der Waals surface area (Å²) in [6.07, 6.45) is 0.162. The lowest BCUT2D eigenvalue weighted by Crippen LogP contribution is -2.58. The smallest absolute Gasteiger partial charge is 0.255 e. The van der Waals surface area contributed by atoms with Gasteiger partial charge in [0.25, 0.3) is 5.91 Å². The van der Waals surface area contributed by atoms with Gasteiger partial charge in [0, 0.05) is 56.1 Å². The van der Waals surface area contributed by atoms with Crippen molar-refractivity contribution in [2.75, 3.05) is 19.0 Å². The fraction of sp³-hybridized carbons (Fsp3) is 0.364. The van der Waals surface area contributed by atoms with E-state index >= 15 is 0 Å². The summed E-state index contributed by atoms with van der Waals surface area (Å²) in [6, 6.07) is 8.50. The van der Waals surface area contributed by atoms with Gasteiger partial charge in [-0.2, -0.15) is 0 Å². The van der Waals surface area contributed by atoms with Crippen LogP contribution in [0.1, 0.15) is 58.8 Å². The number of ketones is 4. The monoisotopic (exact) mass is 602 g/mol. The van der Waals surface area contributed by atoms with Crippen LogP contribution in [-0.2, 0) is 38.4 Å². The molecule has 1 saturated carbocycles. The highest BCUT2D eigenvalue weighted by Gasteiger charge is 2.60. The summed E-state index contributed by atoms with van der Waals surface area (Å²) in [6.45, 7) is 1.46. The standard InChI is InChI=1S/C33H34N2O9/c1-15(36)17-6-4-16(5-7-17)10-21(37)9-8-18-13-23(35(2)3)22-12-19-11-20-14-24(38)27(32(34)43)31(42)33(20,44)30(41)25(19)29(40)26(22)28(18)39/h4-7,13,19-20,39-40,42,44H,8-12,14H2,1-3H3,(H2,34,43)/t19-,20+,33+/m1/s1. The predicted octanol–water partition coefficient (Wildman–Crippen LogP) is 2.44.